The summed E-state index contributed by atoms with van der Waals surface area (Å²) in [5.74, 6) is 0.105. The van der Waals surface area contributed by atoms with Gasteiger partial charge in [0, 0.05) is 41.8 Å². The summed E-state index contributed by atoms with van der Waals surface area (Å²) in [6.07, 6.45) is -0.251. The SMILES string of the molecule is CCOC(=O)CNC(=O)NCc1ccccc1-c1ccc([C@@H]2O[C@H](CSc3ccc(NC(C)=O)cc3)C[C@H](c3ccc(CO)cc3)O2)cc1. The van der Waals surface area contributed by atoms with E-state index < -0.39 is 18.3 Å². The van der Waals surface area contributed by atoms with Crippen LogP contribution in [0, 0.1) is 0 Å². The maximum absolute atomic E-state index is 12.3. The molecule has 1 heterocycles. The minimum atomic E-state index is -0.599. The van der Waals surface area contributed by atoms with Crippen molar-refractivity contribution < 1.29 is 33.7 Å². The number of carbonyl (C=O) groups excluding carboxylic acids is 3. The zero-order valence-corrected chi connectivity index (χ0v) is 28.3. The van der Waals surface area contributed by atoms with E-state index in [1.165, 1.54) is 6.92 Å². The van der Waals surface area contributed by atoms with Crippen LogP contribution in [0.25, 0.3) is 11.1 Å². The van der Waals surface area contributed by atoms with Crippen LogP contribution in [-0.2, 0) is 37.0 Å². The quantitative estimate of drug-likeness (QED) is 0.0927. The monoisotopic (exact) mass is 683 g/mol. The summed E-state index contributed by atoms with van der Waals surface area (Å²) in [7, 11) is 0. The van der Waals surface area contributed by atoms with Gasteiger partial charge in [-0.05, 0) is 59.0 Å². The molecule has 1 saturated heterocycles. The van der Waals surface area contributed by atoms with Gasteiger partial charge in [0.2, 0.25) is 5.91 Å². The number of carbonyl (C=O) groups is 3. The molecule has 0 unspecified atom stereocenters. The maximum atomic E-state index is 12.3. The summed E-state index contributed by atoms with van der Waals surface area (Å²) < 4.78 is 17.9. The van der Waals surface area contributed by atoms with Crippen molar-refractivity contribution in [2.45, 2.75) is 56.8 Å². The van der Waals surface area contributed by atoms with Crippen molar-refractivity contribution in [1.29, 1.82) is 0 Å². The number of benzene rings is 4. The Balaban J connectivity index is 1.28. The predicted molar refractivity (Wildman–Crippen MR) is 189 cm³/mol. The van der Waals surface area contributed by atoms with Crippen LogP contribution in [-0.4, -0.2) is 48.0 Å². The highest BCUT2D eigenvalue weighted by atomic mass is 32.2. The third-order valence-corrected chi connectivity index (χ3v) is 9.02. The van der Waals surface area contributed by atoms with Crippen molar-refractivity contribution >= 4 is 35.4 Å². The fourth-order valence-electron chi connectivity index (χ4n) is 5.43. The highest BCUT2D eigenvalue weighted by Crippen LogP contribution is 2.40. The molecule has 0 spiro atoms. The Hall–Kier alpha value is -4.68. The second kappa shape index (κ2) is 17.6. The third-order valence-electron chi connectivity index (χ3n) is 7.87. The fraction of sp³-hybridized carbons (Fsp3) is 0.289. The predicted octanol–water partition coefficient (Wildman–Crippen LogP) is 6.50. The molecule has 5 rings (SSSR count). The summed E-state index contributed by atoms with van der Waals surface area (Å²) in [6, 6.07) is 30.9. The first-order valence-corrected chi connectivity index (χ1v) is 17.2. The van der Waals surface area contributed by atoms with Crippen LogP contribution in [0.15, 0.2) is 102 Å². The molecule has 11 heteroatoms. The second-order valence-corrected chi connectivity index (χ2v) is 12.6. The molecule has 3 atom stereocenters. The standard InChI is InChI=1S/C38H41N3O7S/c1-3-46-36(44)22-40-38(45)39-21-30-6-4-5-7-34(30)27-12-14-29(15-13-27)37-47-32(20-35(48-37)28-10-8-26(23-42)9-11-28)24-49-33-18-16-31(17-19-33)41-25(2)43/h4-19,32,35,37,42H,3,20-24H2,1-2H3,(H,41,43)(H2,39,40,45)/t32-,35+,37+/m0/s1. The lowest BCUT2D eigenvalue weighted by Gasteiger charge is -2.36. The van der Waals surface area contributed by atoms with Gasteiger partial charge in [0.1, 0.15) is 6.54 Å². The van der Waals surface area contributed by atoms with Crippen molar-refractivity contribution in [3.8, 4) is 11.1 Å². The van der Waals surface area contributed by atoms with E-state index in [1.807, 2.05) is 97.1 Å². The van der Waals surface area contributed by atoms with E-state index in [9.17, 15) is 19.5 Å². The first-order valence-electron chi connectivity index (χ1n) is 16.2. The molecule has 1 aliphatic rings. The Bertz CT molecular complexity index is 1700. The van der Waals surface area contributed by atoms with Crippen LogP contribution in [0.3, 0.4) is 0 Å². The first kappa shape index (κ1) is 35.6. The number of hydrogen-bond acceptors (Lipinski definition) is 8. The molecule has 49 heavy (non-hydrogen) atoms. The number of aliphatic hydroxyl groups is 1. The largest absolute Gasteiger partial charge is 0.465 e. The number of rotatable bonds is 13. The molecule has 4 aromatic rings. The average molecular weight is 684 g/mol. The number of nitrogens with one attached hydrogen (secondary N) is 3. The lowest BCUT2D eigenvalue weighted by atomic mass is 9.98. The van der Waals surface area contributed by atoms with Gasteiger partial charge in [-0.3, -0.25) is 9.59 Å². The number of aliphatic hydroxyl groups excluding tert-OH is 1. The number of hydrogen-bond donors (Lipinski definition) is 4. The van der Waals surface area contributed by atoms with Crippen LogP contribution >= 0.6 is 11.8 Å². The minimum absolute atomic E-state index is 0.0221. The van der Waals surface area contributed by atoms with Crippen molar-refractivity contribution in [3.05, 3.63) is 119 Å². The van der Waals surface area contributed by atoms with Crippen molar-refractivity contribution in [2.75, 3.05) is 24.2 Å². The molecule has 0 saturated carbocycles. The van der Waals surface area contributed by atoms with Crippen molar-refractivity contribution in [3.63, 3.8) is 0 Å². The number of esters is 1. The Morgan fingerprint density at radius 2 is 1.59 bits per heavy atom. The number of thioether (sulfide) groups is 1. The molecular weight excluding hydrogens is 642 g/mol. The van der Waals surface area contributed by atoms with Crippen LogP contribution in [0.1, 0.15) is 54.9 Å². The van der Waals surface area contributed by atoms with Crippen molar-refractivity contribution in [1.82, 2.24) is 10.6 Å². The van der Waals surface area contributed by atoms with Gasteiger partial charge >= 0.3 is 12.0 Å². The molecule has 0 bridgehead atoms. The number of anilines is 1. The van der Waals surface area contributed by atoms with Gasteiger partial charge in [0.25, 0.3) is 0 Å². The zero-order chi connectivity index (χ0) is 34.6. The summed E-state index contributed by atoms with van der Waals surface area (Å²) in [5, 5.41) is 17.6. The molecule has 1 fully saturated rings. The van der Waals surface area contributed by atoms with E-state index in [2.05, 4.69) is 16.0 Å². The minimum Gasteiger partial charge on any atom is -0.465 e. The smallest absolute Gasteiger partial charge is 0.325 e. The van der Waals surface area contributed by atoms with Gasteiger partial charge in [-0.25, -0.2) is 4.79 Å². The summed E-state index contributed by atoms with van der Waals surface area (Å²) in [4.78, 5) is 36.3. The first-order chi connectivity index (χ1) is 23.8. The zero-order valence-electron chi connectivity index (χ0n) is 27.5. The van der Waals surface area contributed by atoms with Gasteiger partial charge in [0.05, 0.1) is 25.4 Å². The van der Waals surface area contributed by atoms with E-state index in [-0.39, 0.29) is 44.4 Å². The average Bonchev–Trinajstić information content (AvgIpc) is 3.13. The molecule has 4 N–H and O–H groups in total. The Kier molecular flexibility index (Phi) is 12.8. The number of ether oxygens (including phenoxy) is 3. The summed E-state index contributed by atoms with van der Waals surface area (Å²) in [5.41, 5.74) is 6.34. The normalized spacial score (nSPS) is 17.2. The number of urea groups is 1. The Morgan fingerprint density at radius 1 is 0.878 bits per heavy atom. The molecule has 0 radical (unpaired) electrons. The Morgan fingerprint density at radius 3 is 2.29 bits per heavy atom. The van der Waals surface area contributed by atoms with Gasteiger partial charge in [-0.2, -0.15) is 0 Å². The molecule has 0 aromatic heterocycles. The van der Waals surface area contributed by atoms with Crippen LogP contribution in [0.5, 0.6) is 0 Å². The van der Waals surface area contributed by atoms with E-state index >= 15 is 0 Å². The van der Waals surface area contributed by atoms with E-state index in [0.717, 1.165) is 44.0 Å². The molecular formula is C38H41N3O7S. The lowest BCUT2D eigenvalue weighted by molar-refractivity contribution is -0.245. The van der Waals surface area contributed by atoms with E-state index in [1.54, 1.807) is 18.7 Å². The van der Waals surface area contributed by atoms with Crippen LogP contribution in [0.2, 0.25) is 0 Å². The van der Waals surface area contributed by atoms with Gasteiger partial charge in [0.15, 0.2) is 6.29 Å². The molecule has 1 aliphatic heterocycles. The summed E-state index contributed by atoms with van der Waals surface area (Å²) in [6.45, 7) is 3.50. The third kappa shape index (κ3) is 10.4. The van der Waals surface area contributed by atoms with Crippen LogP contribution < -0.4 is 16.0 Å². The fourth-order valence-corrected chi connectivity index (χ4v) is 6.35. The van der Waals surface area contributed by atoms with E-state index in [4.69, 9.17) is 14.2 Å². The van der Waals surface area contributed by atoms with Gasteiger partial charge < -0.3 is 35.3 Å². The van der Waals surface area contributed by atoms with Crippen LogP contribution in [0.4, 0.5) is 10.5 Å². The van der Waals surface area contributed by atoms with Gasteiger partial charge in [-0.15, -0.1) is 11.8 Å². The molecule has 10 nitrogen and oxygen atoms in total. The van der Waals surface area contributed by atoms with E-state index in [0.29, 0.717) is 12.2 Å². The summed E-state index contributed by atoms with van der Waals surface area (Å²) >= 11 is 1.69. The molecule has 3 amide bonds. The molecule has 256 valence electrons. The lowest BCUT2D eigenvalue weighted by Crippen LogP contribution is -2.38. The highest BCUT2D eigenvalue weighted by molar-refractivity contribution is 7.99. The van der Waals surface area contributed by atoms with Crippen molar-refractivity contribution in [2.24, 2.45) is 0 Å². The highest BCUT2D eigenvalue weighted by Gasteiger charge is 2.32. The number of amides is 3. The molecule has 4 aromatic carbocycles. The van der Waals surface area contributed by atoms with Gasteiger partial charge in [-0.1, -0.05) is 72.8 Å². The topological polar surface area (TPSA) is 135 Å². The maximum Gasteiger partial charge on any atom is 0.325 e. The second-order valence-electron chi connectivity index (χ2n) is 11.5. The Labute approximate surface area is 290 Å². The molecule has 0 aliphatic carbocycles.